The highest BCUT2D eigenvalue weighted by molar-refractivity contribution is 6.06. The Morgan fingerprint density at radius 1 is 0.767 bits per heavy atom. The van der Waals surface area contributed by atoms with E-state index in [1.165, 1.54) is 68.9 Å². The van der Waals surface area contributed by atoms with Gasteiger partial charge in [-0.05, 0) is 61.7 Å². The number of nitrogens with one attached hydrogen (secondary N) is 1. The molecule has 0 aliphatic carbocycles. The minimum atomic E-state index is -0.468. The summed E-state index contributed by atoms with van der Waals surface area (Å²) >= 11 is 0. The minimum Gasteiger partial charge on any atom is -0.506 e. The monoisotopic (exact) mass is 814 g/mol. The first-order chi connectivity index (χ1) is 29.2. The topological polar surface area (TPSA) is 158 Å². The first kappa shape index (κ1) is 43.1. The Bertz CT molecular complexity index is 2430. The highest BCUT2D eigenvalue weighted by Gasteiger charge is 2.26. The minimum absolute atomic E-state index is 0.0592. The maximum absolute atomic E-state index is 14.9. The Morgan fingerprint density at radius 3 is 2.23 bits per heavy atom. The van der Waals surface area contributed by atoms with Gasteiger partial charge in [0.2, 0.25) is 0 Å². The van der Waals surface area contributed by atoms with Gasteiger partial charge in [-0.25, -0.2) is 24.1 Å². The summed E-state index contributed by atoms with van der Waals surface area (Å²) < 4.78 is 19.4. The number of aromatic nitrogens is 4. The zero-order valence-corrected chi connectivity index (χ0v) is 34.9. The van der Waals surface area contributed by atoms with E-state index < -0.39 is 17.9 Å². The summed E-state index contributed by atoms with van der Waals surface area (Å²) in [6, 6.07) is 20.4. The van der Waals surface area contributed by atoms with E-state index >= 15 is 0 Å². The number of hydrogen-bond donors (Lipinski definition) is 2. The zero-order chi connectivity index (χ0) is 42.4. The van der Waals surface area contributed by atoms with Crippen molar-refractivity contribution in [1.29, 1.82) is 0 Å². The van der Waals surface area contributed by atoms with Gasteiger partial charge in [0.25, 0.3) is 11.8 Å². The number of aromatic hydroxyl groups is 1. The van der Waals surface area contributed by atoms with Crippen LogP contribution in [0.4, 0.5) is 10.5 Å². The number of amides is 2. The predicted octanol–water partition coefficient (Wildman–Crippen LogP) is 10.9. The molecule has 0 bridgehead atoms. The third kappa shape index (κ3) is 10.4. The number of benzene rings is 4. The standard InChI is InChI=1S/C47H54N6O7/c1-5-7-8-9-10-11-12-13-14-17-25-52(38-27-32(3)23-24-39(38)60-40-29-37(44(55)48-4)42(54)36-22-16-15-21-35(36)40)47(57)53-31-51-41-43(53)49-30-50-45(41)59-34-20-18-19-33(28-34)46(56)58-26-6-2/h15-16,18-24,27-31,54H,5-14,17,25-26H2,1-4H3,(H,48,55). The van der Waals surface area contributed by atoms with Gasteiger partial charge in [-0.3, -0.25) is 9.69 Å². The fourth-order valence-electron chi connectivity index (χ4n) is 7.07. The van der Waals surface area contributed by atoms with E-state index in [1.807, 2.05) is 38.1 Å². The van der Waals surface area contributed by atoms with Crippen molar-refractivity contribution in [3.63, 3.8) is 0 Å². The van der Waals surface area contributed by atoms with Gasteiger partial charge in [0, 0.05) is 24.4 Å². The van der Waals surface area contributed by atoms with E-state index in [0.717, 1.165) is 31.2 Å². The van der Waals surface area contributed by atoms with Crippen molar-refractivity contribution in [2.45, 2.75) is 91.4 Å². The Kier molecular flexibility index (Phi) is 15.1. The molecule has 0 atom stereocenters. The van der Waals surface area contributed by atoms with Crippen LogP contribution in [0.25, 0.3) is 21.9 Å². The van der Waals surface area contributed by atoms with Crippen LogP contribution in [0.15, 0.2) is 85.5 Å². The smallest absolute Gasteiger partial charge is 0.338 e. The number of carbonyl (C=O) groups is 3. The number of rotatable bonds is 20. The molecule has 2 aromatic heterocycles. The average Bonchev–Trinajstić information content (AvgIpc) is 3.71. The Balaban J connectivity index is 1.32. The maximum Gasteiger partial charge on any atom is 0.338 e. The van der Waals surface area contributed by atoms with E-state index in [9.17, 15) is 19.5 Å². The molecule has 314 valence electrons. The number of phenols is 1. The van der Waals surface area contributed by atoms with Crippen molar-refractivity contribution in [3.05, 3.63) is 102 Å². The molecule has 4 aromatic carbocycles. The molecule has 0 saturated heterocycles. The van der Waals surface area contributed by atoms with E-state index in [2.05, 4.69) is 27.2 Å². The summed E-state index contributed by atoms with van der Waals surface area (Å²) in [6.45, 7) is 6.76. The molecule has 2 N–H and O–H groups in total. The number of imidazole rings is 1. The molecule has 0 unspecified atom stereocenters. The van der Waals surface area contributed by atoms with E-state index in [1.54, 1.807) is 47.4 Å². The molecule has 0 radical (unpaired) electrons. The van der Waals surface area contributed by atoms with Crippen LogP contribution in [-0.4, -0.2) is 62.7 Å². The molecule has 13 heteroatoms. The van der Waals surface area contributed by atoms with Crippen molar-refractivity contribution >= 4 is 45.5 Å². The number of hydrogen-bond acceptors (Lipinski definition) is 10. The number of ether oxygens (including phenoxy) is 3. The summed E-state index contributed by atoms with van der Waals surface area (Å²) in [7, 11) is 1.50. The molecule has 0 aliphatic rings. The number of fused-ring (bicyclic) bond motifs is 2. The van der Waals surface area contributed by atoms with Crippen LogP contribution in [0.2, 0.25) is 0 Å². The highest BCUT2D eigenvalue weighted by atomic mass is 16.5. The van der Waals surface area contributed by atoms with Gasteiger partial charge < -0.3 is 24.6 Å². The quantitative estimate of drug-likeness (QED) is 0.0561. The van der Waals surface area contributed by atoms with Gasteiger partial charge in [0.05, 0.1) is 23.4 Å². The summed E-state index contributed by atoms with van der Waals surface area (Å²) in [6.07, 6.45) is 14.7. The fourth-order valence-corrected chi connectivity index (χ4v) is 7.07. The third-order valence-corrected chi connectivity index (χ3v) is 10.3. The SMILES string of the molecule is CCCCCCCCCCCCN(C(=O)n1cnc2c(Oc3cccc(C(=O)OCCC)c3)ncnc21)c1cc(C)ccc1Oc1cc(C(=O)NC)c(O)c2ccccc12. The number of nitrogens with zero attached hydrogens (tertiary/aromatic N) is 5. The molecule has 2 amide bonds. The summed E-state index contributed by atoms with van der Waals surface area (Å²) in [4.78, 5) is 55.3. The number of anilines is 1. The van der Waals surface area contributed by atoms with Gasteiger partial charge in [-0.1, -0.05) is 108 Å². The van der Waals surface area contributed by atoms with Crippen molar-refractivity contribution in [1.82, 2.24) is 24.8 Å². The Hall–Kier alpha value is -6.50. The van der Waals surface area contributed by atoms with Gasteiger partial charge in [-0.2, -0.15) is 4.98 Å². The molecule has 0 saturated carbocycles. The van der Waals surface area contributed by atoms with Gasteiger partial charge >= 0.3 is 12.0 Å². The van der Waals surface area contributed by atoms with Gasteiger partial charge in [0.15, 0.2) is 16.9 Å². The predicted molar refractivity (Wildman–Crippen MR) is 233 cm³/mol. The molecule has 2 heterocycles. The van der Waals surface area contributed by atoms with Crippen LogP contribution in [0.1, 0.15) is 111 Å². The van der Waals surface area contributed by atoms with Crippen molar-refractivity contribution in [3.8, 4) is 28.9 Å². The summed E-state index contributed by atoms with van der Waals surface area (Å²) in [5.74, 6) is 0.0782. The normalized spacial score (nSPS) is 11.1. The van der Waals surface area contributed by atoms with E-state index in [0.29, 0.717) is 58.8 Å². The van der Waals surface area contributed by atoms with Crippen LogP contribution >= 0.6 is 0 Å². The largest absolute Gasteiger partial charge is 0.506 e. The molecule has 6 aromatic rings. The number of esters is 1. The molecule has 13 nitrogen and oxygen atoms in total. The first-order valence-electron chi connectivity index (χ1n) is 20.9. The van der Waals surface area contributed by atoms with E-state index in [-0.39, 0.29) is 28.4 Å². The molecule has 0 fully saturated rings. The Morgan fingerprint density at radius 2 is 1.50 bits per heavy atom. The van der Waals surface area contributed by atoms with Crippen molar-refractivity contribution in [2.75, 3.05) is 25.1 Å². The summed E-state index contributed by atoms with van der Waals surface area (Å²) in [5.41, 5.74) is 2.27. The zero-order valence-electron chi connectivity index (χ0n) is 34.9. The lowest BCUT2D eigenvalue weighted by atomic mass is 10.0. The molecule has 6 rings (SSSR count). The third-order valence-electron chi connectivity index (χ3n) is 10.3. The second kappa shape index (κ2) is 21.0. The Labute approximate surface area is 350 Å². The first-order valence-corrected chi connectivity index (χ1v) is 20.9. The second-order valence-electron chi connectivity index (χ2n) is 14.8. The summed E-state index contributed by atoms with van der Waals surface area (Å²) in [5, 5.41) is 14.7. The fraction of sp³-hybridized carbons (Fsp3) is 0.362. The van der Waals surface area contributed by atoms with Crippen LogP contribution in [0.5, 0.6) is 28.9 Å². The number of unbranched alkanes of at least 4 members (excludes halogenated alkanes) is 9. The van der Waals surface area contributed by atoms with Crippen LogP contribution in [0.3, 0.4) is 0 Å². The molecule has 0 spiro atoms. The molecule has 0 aliphatic heterocycles. The second-order valence-corrected chi connectivity index (χ2v) is 14.8. The number of carbonyl (C=O) groups excluding carboxylic acids is 3. The van der Waals surface area contributed by atoms with Crippen LogP contribution in [0, 0.1) is 6.92 Å². The average molecular weight is 815 g/mol. The van der Waals surface area contributed by atoms with Gasteiger partial charge in [0.1, 0.15) is 29.9 Å². The molecular weight excluding hydrogens is 761 g/mol. The lowest BCUT2D eigenvalue weighted by molar-refractivity contribution is 0.0504. The maximum atomic E-state index is 14.9. The van der Waals surface area contributed by atoms with Crippen molar-refractivity contribution in [2.24, 2.45) is 0 Å². The highest BCUT2D eigenvalue weighted by Crippen LogP contribution is 2.41. The lowest BCUT2D eigenvalue weighted by Gasteiger charge is -2.26. The van der Waals surface area contributed by atoms with E-state index in [4.69, 9.17) is 14.2 Å². The number of phenolic OH excluding ortho intramolecular Hbond substituents is 1. The van der Waals surface area contributed by atoms with Crippen LogP contribution in [-0.2, 0) is 4.74 Å². The molecule has 60 heavy (non-hydrogen) atoms. The molecular formula is C47H54N6O7. The number of aryl methyl sites for hydroxylation is 1. The lowest BCUT2D eigenvalue weighted by Crippen LogP contribution is -2.35. The van der Waals surface area contributed by atoms with Gasteiger partial charge in [-0.15, -0.1) is 0 Å². The van der Waals surface area contributed by atoms with Crippen LogP contribution < -0.4 is 19.7 Å². The van der Waals surface area contributed by atoms with Crippen molar-refractivity contribution < 1.29 is 33.7 Å².